The Bertz CT molecular complexity index is 637. The van der Waals surface area contributed by atoms with E-state index in [4.69, 9.17) is 9.72 Å². The van der Waals surface area contributed by atoms with Gasteiger partial charge in [0.05, 0.1) is 6.61 Å². The zero-order chi connectivity index (χ0) is 16.2. The van der Waals surface area contributed by atoms with Crippen molar-refractivity contribution >= 4 is 11.2 Å². The second-order valence-corrected chi connectivity index (χ2v) is 6.82. The van der Waals surface area contributed by atoms with Crippen molar-refractivity contribution in [3.63, 3.8) is 0 Å². The lowest BCUT2D eigenvalue weighted by molar-refractivity contribution is 0.137. The second-order valence-electron chi connectivity index (χ2n) is 6.82. The van der Waals surface area contributed by atoms with E-state index in [0.717, 1.165) is 30.0 Å². The third kappa shape index (κ3) is 3.72. The average molecular weight is 316 g/mol. The van der Waals surface area contributed by atoms with Crippen molar-refractivity contribution in [2.24, 2.45) is 5.92 Å². The van der Waals surface area contributed by atoms with Gasteiger partial charge in [0.15, 0.2) is 5.65 Å². The summed E-state index contributed by atoms with van der Waals surface area (Å²) in [7, 11) is 1.74. The van der Waals surface area contributed by atoms with E-state index in [2.05, 4.69) is 34.4 Å². The van der Waals surface area contributed by atoms with Gasteiger partial charge in [0.1, 0.15) is 11.3 Å². The van der Waals surface area contributed by atoms with Gasteiger partial charge in [0, 0.05) is 38.9 Å². The number of fused-ring (bicyclic) bond motifs is 1. The molecule has 5 heteroatoms. The quantitative estimate of drug-likeness (QED) is 0.822. The number of nitrogens with zero attached hydrogens (tertiary/aromatic N) is 4. The van der Waals surface area contributed by atoms with Gasteiger partial charge in [-0.05, 0) is 51.3 Å². The minimum atomic E-state index is 0.631. The van der Waals surface area contributed by atoms with Crippen LogP contribution in [-0.2, 0) is 17.7 Å². The molecule has 2 aromatic heterocycles. The van der Waals surface area contributed by atoms with Crippen LogP contribution in [0.25, 0.3) is 11.2 Å². The van der Waals surface area contributed by atoms with Gasteiger partial charge >= 0.3 is 0 Å². The molecule has 0 bridgehead atoms. The maximum absolute atomic E-state index is 5.27. The number of imidazole rings is 1. The third-order valence-electron chi connectivity index (χ3n) is 4.85. The van der Waals surface area contributed by atoms with Gasteiger partial charge in [-0.1, -0.05) is 0 Å². The smallest absolute Gasteiger partial charge is 0.160 e. The summed E-state index contributed by atoms with van der Waals surface area (Å²) in [6, 6.07) is 4.64. The predicted molar refractivity (Wildman–Crippen MR) is 92.5 cm³/mol. The Morgan fingerprint density at radius 3 is 3.04 bits per heavy atom. The molecule has 3 rings (SSSR count). The number of pyridine rings is 1. The van der Waals surface area contributed by atoms with Gasteiger partial charge in [-0.3, -0.25) is 0 Å². The fourth-order valence-electron chi connectivity index (χ4n) is 3.57. The van der Waals surface area contributed by atoms with E-state index in [9.17, 15) is 0 Å². The minimum Gasteiger partial charge on any atom is -0.383 e. The van der Waals surface area contributed by atoms with Gasteiger partial charge in [0.25, 0.3) is 0 Å². The molecular weight excluding hydrogens is 288 g/mol. The van der Waals surface area contributed by atoms with E-state index in [1.165, 1.54) is 25.9 Å². The first-order valence-electron chi connectivity index (χ1n) is 8.72. The van der Waals surface area contributed by atoms with Crippen LogP contribution in [0.3, 0.4) is 0 Å². The van der Waals surface area contributed by atoms with Crippen LogP contribution in [0.4, 0.5) is 0 Å². The normalized spacial score (nSPS) is 19.7. The molecule has 126 valence electrons. The Balaban J connectivity index is 1.81. The summed E-state index contributed by atoms with van der Waals surface area (Å²) in [6.45, 7) is 8.51. The number of ether oxygens (including phenoxy) is 1. The number of methoxy groups -OCH3 is 1. The predicted octanol–water partition coefficient (Wildman–Crippen LogP) is 2.74. The Morgan fingerprint density at radius 1 is 1.39 bits per heavy atom. The molecule has 0 saturated carbocycles. The Hall–Kier alpha value is -1.46. The largest absolute Gasteiger partial charge is 0.383 e. The van der Waals surface area contributed by atoms with Crippen LogP contribution in [0.5, 0.6) is 0 Å². The van der Waals surface area contributed by atoms with Gasteiger partial charge < -0.3 is 14.2 Å². The molecule has 0 radical (unpaired) electrons. The topological polar surface area (TPSA) is 43.2 Å². The summed E-state index contributed by atoms with van der Waals surface area (Å²) >= 11 is 0. The number of aromatic nitrogens is 3. The van der Waals surface area contributed by atoms with E-state index >= 15 is 0 Å². The van der Waals surface area contributed by atoms with E-state index in [-0.39, 0.29) is 0 Å². The average Bonchev–Trinajstić information content (AvgIpc) is 2.90. The maximum atomic E-state index is 5.27. The molecule has 1 unspecified atom stereocenters. The SMILES string of the molecule is COCCn1c(CC2CCCN(C(C)C)C2)nc2cccnc21. The summed E-state index contributed by atoms with van der Waals surface area (Å²) in [5.74, 6) is 1.84. The molecular formula is C18H28N4O. The van der Waals surface area contributed by atoms with Crippen LogP contribution in [0.15, 0.2) is 18.3 Å². The molecule has 1 aliphatic heterocycles. The molecule has 1 atom stereocenters. The van der Waals surface area contributed by atoms with Crippen LogP contribution in [0, 0.1) is 5.92 Å². The van der Waals surface area contributed by atoms with E-state index < -0.39 is 0 Å². The van der Waals surface area contributed by atoms with Crippen molar-refractivity contribution in [1.29, 1.82) is 0 Å². The molecule has 0 spiro atoms. The van der Waals surface area contributed by atoms with Gasteiger partial charge in [-0.2, -0.15) is 0 Å². The van der Waals surface area contributed by atoms with Crippen LogP contribution >= 0.6 is 0 Å². The molecule has 23 heavy (non-hydrogen) atoms. The summed E-state index contributed by atoms with van der Waals surface area (Å²) < 4.78 is 7.52. The first-order valence-corrected chi connectivity index (χ1v) is 8.72. The monoisotopic (exact) mass is 316 g/mol. The molecule has 3 heterocycles. The zero-order valence-corrected chi connectivity index (χ0v) is 14.5. The number of hydrogen-bond donors (Lipinski definition) is 0. The van der Waals surface area contributed by atoms with E-state index in [0.29, 0.717) is 18.6 Å². The molecule has 5 nitrogen and oxygen atoms in total. The minimum absolute atomic E-state index is 0.631. The zero-order valence-electron chi connectivity index (χ0n) is 14.5. The summed E-state index contributed by atoms with van der Waals surface area (Å²) in [5, 5.41) is 0. The van der Waals surface area contributed by atoms with Crippen molar-refractivity contribution in [2.45, 2.75) is 45.7 Å². The summed E-state index contributed by atoms with van der Waals surface area (Å²) in [5.41, 5.74) is 1.98. The maximum Gasteiger partial charge on any atom is 0.160 e. The number of rotatable bonds is 6. The highest BCUT2D eigenvalue weighted by Crippen LogP contribution is 2.23. The molecule has 1 aliphatic rings. The fourth-order valence-corrected chi connectivity index (χ4v) is 3.57. The van der Waals surface area contributed by atoms with Crippen molar-refractivity contribution in [3.05, 3.63) is 24.2 Å². The van der Waals surface area contributed by atoms with Crippen molar-refractivity contribution < 1.29 is 4.74 Å². The van der Waals surface area contributed by atoms with Gasteiger partial charge in [0.2, 0.25) is 0 Å². The Morgan fingerprint density at radius 2 is 2.26 bits per heavy atom. The molecule has 1 saturated heterocycles. The van der Waals surface area contributed by atoms with E-state index in [1.54, 1.807) is 7.11 Å². The first kappa shape index (κ1) is 16.4. The van der Waals surface area contributed by atoms with Gasteiger partial charge in [-0.15, -0.1) is 0 Å². The van der Waals surface area contributed by atoms with E-state index in [1.807, 2.05) is 12.3 Å². The lowest BCUT2D eigenvalue weighted by Gasteiger charge is -2.35. The molecule has 0 amide bonds. The summed E-state index contributed by atoms with van der Waals surface area (Å²) in [6.07, 6.45) is 5.46. The molecule has 0 aliphatic carbocycles. The van der Waals surface area contributed by atoms with Crippen LogP contribution < -0.4 is 0 Å². The van der Waals surface area contributed by atoms with Crippen LogP contribution in [0.2, 0.25) is 0 Å². The second kappa shape index (κ2) is 7.41. The molecule has 1 fully saturated rings. The number of piperidine rings is 1. The Kier molecular flexibility index (Phi) is 5.28. The highest BCUT2D eigenvalue weighted by atomic mass is 16.5. The standard InChI is InChI=1S/C18H28N4O/c1-14(2)21-9-5-6-15(13-21)12-17-20-16-7-4-8-19-18(16)22(17)10-11-23-3/h4,7-8,14-15H,5-6,9-13H2,1-3H3. The number of hydrogen-bond acceptors (Lipinski definition) is 4. The van der Waals surface area contributed by atoms with Crippen molar-refractivity contribution in [3.8, 4) is 0 Å². The van der Waals surface area contributed by atoms with Crippen molar-refractivity contribution in [2.75, 3.05) is 26.8 Å². The third-order valence-corrected chi connectivity index (χ3v) is 4.85. The molecule has 2 aromatic rings. The molecule has 0 N–H and O–H groups in total. The Labute approximate surface area is 138 Å². The lowest BCUT2D eigenvalue weighted by atomic mass is 9.93. The highest BCUT2D eigenvalue weighted by Gasteiger charge is 2.24. The van der Waals surface area contributed by atoms with Crippen molar-refractivity contribution in [1.82, 2.24) is 19.4 Å². The van der Waals surface area contributed by atoms with Gasteiger partial charge in [-0.25, -0.2) is 9.97 Å². The fraction of sp³-hybridized carbons (Fsp3) is 0.667. The van der Waals surface area contributed by atoms with Crippen LogP contribution in [0.1, 0.15) is 32.5 Å². The lowest BCUT2D eigenvalue weighted by Crippen LogP contribution is -2.40. The summed E-state index contributed by atoms with van der Waals surface area (Å²) in [4.78, 5) is 12.0. The highest BCUT2D eigenvalue weighted by molar-refractivity contribution is 5.71. The molecule has 0 aromatic carbocycles. The first-order chi connectivity index (χ1) is 11.2. The van der Waals surface area contributed by atoms with Crippen LogP contribution in [-0.4, -0.2) is 52.3 Å². The number of likely N-dealkylation sites (tertiary alicyclic amines) is 1.